The molecule has 0 aliphatic carbocycles. The van der Waals surface area contributed by atoms with Crippen LogP contribution in [-0.2, 0) is 0 Å². The van der Waals surface area contributed by atoms with E-state index in [2.05, 4.69) is 15.8 Å². The standard InChI is InChI=1S/C12H11N3OS/c17-12(14-10-5-2-1-3-6-10)15-13-9-11-7-4-8-16-11/h1-9H,(H2,14,15,17)/b13-9+. The highest BCUT2D eigenvalue weighted by molar-refractivity contribution is 7.80. The minimum absolute atomic E-state index is 0.430. The SMILES string of the molecule is S=C(N/N=C/c1ccco1)Nc1ccccc1. The molecule has 2 N–H and O–H groups in total. The molecule has 0 saturated carbocycles. The van der Waals surface area contributed by atoms with Gasteiger partial charge in [0.05, 0.1) is 12.5 Å². The molecule has 0 bridgehead atoms. The molecule has 1 aromatic heterocycles. The Bertz CT molecular complexity index is 494. The normalized spacial score (nSPS) is 10.4. The van der Waals surface area contributed by atoms with Crippen LogP contribution in [0.4, 0.5) is 5.69 Å². The third kappa shape index (κ3) is 3.73. The van der Waals surface area contributed by atoms with Crippen LogP contribution in [0.1, 0.15) is 5.76 Å². The number of nitrogens with zero attached hydrogens (tertiary/aromatic N) is 1. The molecule has 1 aromatic carbocycles. The lowest BCUT2D eigenvalue weighted by molar-refractivity contribution is 0.560. The second kappa shape index (κ2) is 5.81. The van der Waals surface area contributed by atoms with Crippen LogP contribution in [0.15, 0.2) is 58.2 Å². The lowest BCUT2D eigenvalue weighted by Crippen LogP contribution is -2.23. The van der Waals surface area contributed by atoms with Crippen molar-refractivity contribution in [3.05, 3.63) is 54.5 Å². The maximum absolute atomic E-state index is 5.08. The third-order valence-electron chi connectivity index (χ3n) is 1.93. The average molecular weight is 245 g/mol. The Hall–Kier alpha value is -2.14. The predicted molar refractivity (Wildman–Crippen MR) is 72.1 cm³/mol. The van der Waals surface area contributed by atoms with Crippen molar-refractivity contribution in [1.82, 2.24) is 5.43 Å². The molecular formula is C12H11N3OS. The van der Waals surface area contributed by atoms with E-state index in [0.717, 1.165) is 5.69 Å². The quantitative estimate of drug-likeness (QED) is 0.496. The largest absolute Gasteiger partial charge is 0.463 e. The van der Waals surface area contributed by atoms with Gasteiger partial charge in [-0.3, -0.25) is 5.43 Å². The number of hydrogen-bond acceptors (Lipinski definition) is 3. The minimum Gasteiger partial charge on any atom is -0.463 e. The summed E-state index contributed by atoms with van der Waals surface area (Å²) in [4.78, 5) is 0. The second-order valence-corrected chi connectivity index (χ2v) is 3.61. The molecule has 0 aliphatic rings. The smallest absolute Gasteiger partial charge is 0.191 e. The van der Waals surface area contributed by atoms with Crippen molar-refractivity contribution in [1.29, 1.82) is 0 Å². The first kappa shape index (κ1) is 11.3. The molecule has 1 heterocycles. The first-order valence-corrected chi connectivity index (χ1v) is 5.44. The van der Waals surface area contributed by atoms with Crippen molar-refractivity contribution < 1.29 is 4.42 Å². The third-order valence-corrected chi connectivity index (χ3v) is 2.13. The van der Waals surface area contributed by atoms with Crippen LogP contribution >= 0.6 is 12.2 Å². The molecule has 5 heteroatoms. The lowest BCUT2D eigenvalue weighted by Gasteiger charge is -2.05. The van der Waals surface area contributed by atoms with Gasteiger partial charge in [-0.2, -0.15) is 5.10 Å². The highest BCUT2D eigenvalue weighted by atomic mass is 32.1. The molecule has 0 fully saturated rings. The summed E-state index contributed by atoms with van der Waals surface area (Å²) in [5.41, 5.74) is 3.61. The number of nitrogens with one attached hydrogen (secondary N) is 2. The highest BCUT2D eigenvalue weighted by Gasteiger charge is 1.94. The molecule has 17 heavy (non-hydrogen) atoms. The Morgan fingerprint density at radius 1 is 1.18 bits per heavy atom. The van der Waals surface area contributed by atoms with Crippen molar-refractivity contribution in [3.63, 3.8) is 0 Å². The van der Waals surface area contributed by atoms with Crippen LogP contribution in [-0.4, -0.2) is 11.3 Å². The minimum atomic E-state index is 0.430. The van der Waals surface area contributed by atoms with Gasteiger partial charge < -0.3 is 9.73 Å². The van der Waals surface area contributed by atoms with Crippen molar-refractivity contribution in [2.24, 2.45) is 5.10 Å². The average Bonchev–Trinajstić information content (AvgIpc) is 2.83. The van der Waals surface area contributed by atoms with Gasteiger partial charge in [-0.05, 0) is 36.5 Å². The van der Waals surface area contributed by atoms with Gasteiger partial charge in [-0.1, -0.05) is 18.2 Å². The van der Waals surface area contributed by atoms with Crippen molar-refractivity contribution in [2.45, 2.75) is 0 Å². The summed E-state index contributed by atoms with van der Waals surface area (Å²) in [6, 6.07) is 13.2. The van der Waals surface area contributed by atoms with Gasteiger partial charge in [-0.25, -0.2) is 0 Å². The van der Waals surface area contributed by atoms with Gasteiger partial charge in [0.25, 0.3) is 0 Å². The van der Waals surface area contributed by atoms with E-state index in [-0.39, 0.29) is 0 Å². The molecule has 0 saturated heterocycles. The van der Waals surface area contributed by atoms with E-state index < -0.39 is 0 Å². The molecular weight excluding hydrogens is 234 g/mol. The van der Waals surface area contributed by atoms with Crippen molar-refractivity contribution in [3.8, 4) is 0 Å². The van der Waals surface area contributed by atoms with E-state index in [1.54, 1.807) is 24.6 Å². The molecule has 0 unspecified atom stereocenters. The van der Waals surface area contributed by atoms with E-state index in [4.69, 9.17) is 16.6 Å². The van der Waals surface area contributed by atoms with Crippen LogP contribution in [0.25, 0.3) is 0 Å². The van der Waals surface area contributed by atoms with Gasteiger partial charge in [0.1, 0.15) is 5.76 Å². The second-order valence-electron chi connectivity index (χ2n) is 3.21. The number of hydrogen-bond donors (Lipinski definition) is 2. The lowest BCUT2D eigenvalue weighted by atomic mass is 10.3. The predicted octanol–water partition coefficient (Wildman–Crippen LogP) is 2.60. The van der Waals surface area contributed by atoms with E-state index in [1.165, 1.54) is 0 Å². The molecule has 86 valence electrons. The molecule has 4 nitrogen and oxygen atoms in total. The zero-order valence-corrected chi connectivity index (χ0v) is 9.78. The van der Waals surface area contributed by atoms with Crippen LogP contribution in [0.2, 0.25) is 0 Å². The Kier molecular flexibility index (Phi) is 3.88. The summed E-state index contributed by atoms with van der Waals surface area (Å²) in [6.07, 6.45) is 3.14. The van der Waals surface area contributed by atoms with E-state index in [9.17, 15) is 0 Å². The Morgan fingerprint density at radius 2 is 2.00 bits per heavy atom. The summed E-state index contributed by atoms with van der Waals surface area (Å²) in [5.74, 6) is 0.667. The van der Waals surface area contributed by atoms with E-state index in [0.29, 0.717) is 10.9 Å². The summed E-state index contributed by atoms with van der Waals surface area (Å²) in [7, 11) is 0. The molecule has 0 aliphatic heterocycles. The van der Waals surface area contributed by atoms with Gasteiger partial charge >= 0.3 is 0 Å². The summed E-state index contributed by atoms with van der Waals surface area (Å²) in [6.45, 7) is 0. The number of furan rings is 1. The molecule has 2 aromatic rings. The summed E-state index contributed by atoms with van der Waals surface area (Å²) >= 11 is 5.06. The number of thiocarbonyl (C=S) groups is 1. The Labute approximate surface area is 104 Å². The first-order valence-electron chi connectivity index (χ1n) is 5.03. The number of para-hydroxylation sites is 1. The van der Waals surface area contributed by atoms with E-state index >= 15 is 0 Å². The molecule has 0 radical (unpaired) electrons. The van der Waals surface area contributed by atoms with Gasteiger partial charge in [-0.15, -0.1) is 0 Å². The Morgan fingerprint density at radius 3 is 2.71 bits per heavy atom. The topological polar surface area (TPSA) is 49.6 Å². The van der Waals surface area contributed by atoms with Gasteiger partial charge in [0, 0.05) is 5.69 Å². The zero-order valence-electron chi connectivity index (χ0n) is 8.96. The van der Waals surface area contributed by atoms with Crippen molar-refractivity contribution >= 4 is 29.2 Å². The van der Waals surface area contributed by atoms with Crippen LogP contribution < -0.4 is 10.7 Å². The zero-order chi connectivity index (χ0) is 11.9. The molecule has 2 rings (SSSR count). The summed E-state index contributed by atoms with van der Waals surface area (Å²) in [5, 5.41) is 7.37. The van der Waals surface area contributed by atoms with Gasteiger partial charge in [0.2, 0.25) is 0 Å². The van der Waals surface area contributed by atoms with Crippen LogP contribution in [0, 0.1) is 0 Å². The molecule has 0 amide bonds. The number of anilines is 1. The fourth-order valence-electron chi connectivity index (χ4n) is 1.20. The van der Waals surface area contributed by atoms with Gasteiger partial charge in [0.15, 0.2) is 5.11 Å². The number of hydrazone groups is 1. The molecule has 0 spiro atoms. The maximum Gasteiger partial charge on any atom is 0.191 e. The van der Waals surface area contributed by atoms with Crippen LogP contribution in [0.3, 0.4) is 0 Å². The summed E-state index contributed by atoms with van der Waals surface area (Å²) < 4.78 is 5.08. The maximum atomic E-state index is 5.08. The first-order chi connectivity index (χ1) is 8.34. The Balaban J connectivity index is 1.82. The fraction of sp³-hybridized carbons (Fsp3) is 0. The van der Waals surface area contributed by atoms with Crippen molar-refractivity contribution in [2.75, 3.05) is 5.32 Å². The number of rotatable bonds is 3. The fourth-order valence-corrected chi connectivity index (χ4v) is 1.37. The van der Waals surface area contributed by atoms with E-state index in [1.807, 2.05) is 30.3 Å². The highest BCUT2D eigenvalue weighted by Crippen LogP contribution is 2.04. The number of benzene rings is 1. The van der Waals surface area contributed by atoms with Crippen LogP contribution in [0.5, 0.6) is 0 Å². The monoisotopic (exact) mass is 245 g/mol. The molecule has 0 atom stereocenters.